The summed E-state index contributed by atoms with van der Waals surface area (Å²) in [7, 11) is 0. The van der Waals surface area contributed by atoms with E-state index < -0.39 is 0 Å². The van der Waals surface area contributed by atoms with Gasteiger partial charge in [-0.3, -0.25) is 0 Å². The van der Waals surface area contributed by atoms with Crippen LogP contribution in [0.2, 0.25) is 0 Å². The van der Waals surface area contributed by atoms with E-state index in [-0.39, 0.29) is 36.4 Å². The van der Waals surface area contributed by atoms with Crippen LogP contribution in [0.4, 0.5) is 0 Å². The van der Waals surface area contributed by atoms with Crippen LogP contribution in [0.1, 0.15) is 90.1 Å². The van der Waals surface area contributed by atoms with Gasteiger partial charge in [-0.15, -0.1) is 124 Å². The second kappa shape index (κ2) is 22.4. The first kappa shape index (κ1) is 51.1. The third-order valence-electron chi connectivity index (χ3n) is 15.0. The van der Waals surface area contributed by atoms with Crippen LogP contribution in [0.25, 0.3) is 67.2 Å². The number of aryl methyl sites for hydroxylation is 2. The summed E-state index contributed by atoms with van der Waals surface area (Å²) in [5.74, 6) is 0. The van der Waals surface area contributed by atoms with Crippen molar-refractivity contribution in [1.29, 1.82) is 0 Å². The Labute approximate surface area is 432 Å². The number of pyridine rings is 3. The predicted molar refractivity (Wildman–Crippen MR) is 289 cm³/mol. The van der Waals surface area contributed by atoms with Crippen LogP contribution in [-0.2, 0) is 43.8 Å². The summed E-state index contributed by atoms with van der Waals surface area (Å²) in [6.45, 7) is 20.7. The minimum Gasteiger partial charge on any atom is -0.305 e. The largest absolute Gasteiger partial charge is 0.305 e. The summed E-state index contributed by atoms with van der Waals surface area (Å²) in [6, 6.07) is 68.4. The Morgan fingerprint density at radius 2 is 0.857 bits per heavy atom. The molecule has 0 saturated heterocycles. The van der Waals surface area contributed by atoms with E-state index in [9.17, 15) is 0 Å². The molecular formula is C66H63IrN3-4. The smallest absolute Gasteiger partial charge is 0.0239 e. The molecule has 0 aliphatic heterocycles. The Kier molecular flexibility index (Phi) is 16.3. The second-order valence-electron chi connectivity index (χ2n) is 19.3. The molecule has 3 aromatic heterocycles. The zero-order chi connectivity index (χ0) is 48.6. The molecule has 0 unspecified atom stereocenters. The van der Waals surface area contributed by atoms with Crippen molar-refractivity contribution in [2.24, 2.45) is 5.41 Å². The van der Waals surface area contributed by atoms with E-state index in [0.717, 1.165) is 52.2 Å². The standard InChI is InChI=1S/C28H31N.2C19H16N.Ir/c1-8-19-11-9-10-12-22(19)21-14-16-25(29-18-21)20-13-15-23-24(17-20)27(4,5)28(6,7)26(23,2)3;2*1-2-15-8-6-7-11-18(15)17-12-13-19(20-14-17)16-9-4-3-5-10-16;/h8-12,14-18H,1-7H3;2*3-9,11-14H,2H2,1H3;/q-2;2*-1;. The zero-order valence-electron chi connectivity index (χ0n) is 42.1. The molecule has 0 saturated carbocycles. The first-order valence-electron chi connectivity index (χ1n) is 24.3. The number of hydrogen-bond acceptors (Lipinski definition) is 3. The molecule has 9 aromatic rings. The van der Waals surface area contributed by atoms with Crippen molar-refractivity contribution in [3.05, 3.63) is 241 Å². The molecule has 6 aromatic carbocycles. The van der Waals surface area contributed by atoms with E-state index in [1.807, 2.05) is 67.1 Å². The molecule has 1 aliphatic carbocycles. The molecule has 3 heterocycles. The number of aromatic nitrogens is 3. The van der Waals surface area contributed by atoms with E-state index in [1.165, 1.54) is 55.6 Å². The topological polar surface area (TPSA) is 38.7 Å². The average Bonchev–Trinajstić information content (AvgIpc) is 3.51. The van der Waals surface area contributed by atoms with Crippen molar-refractivity contribution < 1.29 is 20.1 Å². The average molecular weight is 1090 g/mol. The zero-order valence-corrected chi connectivity index (χ0v) is 44.5. The summed E-state index contributed by atoms with van der Waals surface area (Å²) in [5.41, 5.74) is 20.4. The number of rotatable bonds is 9. The Morgan fingerprint density at radius 1 is 0.443 bits per heavy atom. The molecule has 355 valence electrons. The third kappa shape index (κ3) is 10.6. The van der Waals surface area contributed by atoms with Gasteiger partial charge in [0.15, 0.2) is 0 Å². The minimum atomic E-state index is 0. The van der Waals surface area contributed by atoms with Crippen molar-refractivity contribution in [3.63, 3.8) is 0 Å². The van der Waals surface area contributed by atoms with Crippen LogP contribution in [0, 0.1) is 30.0 Å². The molecule has 70 heavy (non-hydrogen) atoms. The summed E-state index contributed by atoms with van der Waals surface area (Å²) < 4.78 is 0. The van der Waals surface area contributed by atoms with Gasteiger partial charge in [-0.1, -0.05) is 159 Å². The van der Waals surface area contributed by atoms with Gasteiger partial charge >= 0.3 is 0 Å². The van der Waals surface area contributed by atoms with Crippen LogP contribution >= 0.6 is 0 Å². The fourth-order valence-corrected chi connectivity index (χ4v) is 9.60. The maximum atomic E-state index is 4.80. The van der Waals surface area contributed by atoms with Crippen LogP contribution < -0.4 is 0 Å². The monoisotopic (exact) mass is 1090 g/mol. The van der Waals surface area contributed by atoms with E-state index >= 15 is 0 Å². The number of fused-ring (bicyclic) bond motifs is 1. The molecular weight excluding hydrogens is 1030 g/mol. The molecule has 10 rings (SSSR count). The predicted octanol–water partition coefficient (Wildman–Crippen LogP) is 16.9. The van der Waals surface area contributed by atoms with Gasteiger partial charge in [-0.25, -0.2) is 0 Å². The van der Waals surface area contributed by atoms with E-state index in [0.29, 0.717) is 0 Å². The van der Waals surface area contributed by atoms with Gasteiger partial charge in [0.2, 0.25) is 0 Å². The van der Waals surface area contributed by atoms with Crippen molar-refractivity contribution >= 4 is 0 Å². The van der Waals surface area contributed by atoms with Crippen molar-refractivity contribution in [1.82, 2.24) is 15.0 Å². The molecule has 3 nitrogen and oxygen atoms in total. The van der Waals surface area contributed by atoms with Crippen molar-refractivity contribution in [2.75, 3.05) is 0 Å². The summed E-state index contributed by atoms with van der Waals surface area (Å²) >= 11 is 0. The number of benzene rings is 6. The summed E-state index contributed by atoms with van der Waals surface area (Å²) in [6.07, 6.45) is 10.1. The second-order valence-corrected chi connectivity index (χ2v) is 19.3. The van der Waals surface area contributed by atoms with Gasteiger partial charge in [0, 0.05) is 38.7 Å². The Balaban J connectivity index is 0.000000158. The van der Waals surface area contributed by atoms with E-state index in [1.54, 1.807) is 0 Å². The Bertz CT molecular complexity index is 2970. The molecule has 1 radical (unpaired) electrons. The van der Waals surface area contributed by atoms with Gasteiger partial charge in [-0.05, 0) is 79.5 Å². The third-order valence-corrected chi connectivity index (χ3v) is 15.0. The molecule has 0 spiro atoms. The normalized spacial score (nSPS) is 13.6. The Hall–Kier alpha value is -6.71. The molecule has 0 N–H and O–H groups in total. The van der Waals surface area contributed by atoms with Crippen LogP contribution in [-0.4, -0.2) is 15.0 Å². The Morgan fingerprint density at radius 3 is 1.29 bits per heavy atom. The first-order chi connectivity index (χ1) is 33.4. The molecule has 0 bridgehead atoms. The fraction of sp³-hybridized carbons (Fsp3) is 0.212. The van der Waals surface area contributed by atoms with Gasteiger partial charge < -0.3 is 15.0 Å². The van der Waals surface area contributed by atoms with Crippen molar-refractivity contribution in [2.45, 2.75) is 86.0 Å². The van der Waals surface area contributed by atoms with Gasteiger partial charge in [0.1, 0.15) is 0 Å². The van der Waals surface area contributed by atoms with Crippen LogP contribution in [0.15, 0.2) is 188 Å². The van der Waals surface area contributed by atoms with Crippen molar-refractivity contribution in [3.8, 4) is 67.2 Å². The van der Waals surface area contributed by atoms with E-state index in [2.05, 4.69) is 218 Å². The van der Waals surface area contributed by atoms with Gasteiger partial charge in [-0.2, -0.15) is 18.1 Å². The van der Waals surface area contributed by atoms with Crippen LogP contribution in [0.3, 0.4) is 0 Å². The van der Waals surface area contributed by atoms with Gasteiger partial charge in [0.05, 0.1) is 0 Å². The molecule has 0 fully saturated rings. The number of nitrogens with zero attached hydrogens (tertiary/aromatic N) is 3. The first-order valence-corrected chi connectivity index (χ1v) is 24.3. The molecule has 0 atom stereocenters. The quantitative estimate of drug-likeness (QED) is 0.135. The minimum absolute atomic E-state index is 0. The maximum Gasteiger partial charge on any atom is 0.0239 e. The summed E-state index contributed by atoms with van der Waals surface area (Å²) in [4.78, 5) is 13.9. The SMILES string of the molecule is CCc1ccccc1-c1ccc(-c2[c-]cccc2)nc1.CCc1ccccc1-c1ccc(-c2[c-]cccc2)nc1.C[CH-]c1ccccc1-c1ccc(-c2[c-]cc3c(c2)C(C)(C)C(C)(C)C3(C)C)nc1.[Ir]. The molecule has 4 heteroatoms. The molecule has 1 aliphatic rings. The maximum absolute atomic E-state index is 4.80. The van der Waals surface area contributed by atoms with E-state index in [4.69, 9.17) is 4.98 Å². The number of hydrogen-bond donors (Lipinski definition) is 0. The van der Waals surface area contributed by atoms with Gasteiger partial charge in [0.25, 0.3) is 0 Å². The summed E-state index contributed by atoms with van der Waals surface area (Å²) in [5, 5.41) is 0. The fourth-order valence-electron chi connectivity index (χ4n) is 9.60. The van der Waals surface area contributed by atoms with Crippen LogP contribution in [0.5, 0.6) is 0 Å². The molecule has 0 amide bonds.